The first-order valence-corrected chi connectivity index (χ1v) is 5.57. The summed E-state index contributed by atoms with van der Waals surface area (Å²) >= 11 is 1.74. The molecule has 0 atom stereocenters. The summed E-state index contributed by atoms with van der Waals surface area (Å²) in [6.07, 6.45) is 3.60. The molecule has 68 valence electrons. The Kier molecular flexibility index (Phi) is 3.85. The van der Waals surface area contributed by atoms with E-state index in [-0.39, 0.29) is 0 Å². The Labute approximate surface area is 83.8 Å². The van der Waals surface area contributed by atoms with Crippen molar-refractivity contribution in [1.82, 2.24) is 0 Å². The van der Waals surface area contributed by atoms with E-state index in [1.165, 1.54) is 16.0 Å². The van der Waals surface area contributed by atoms with Crippen molar-refractivity contribution in [3.63, 3.8) is 0 Å². The Balaban J connectivity index is 3.02. The summed E-state index contributed by atoms with van der Waals surface area (Å²) in [4.78, 5) is 1.28. The fraction of sp³-hybridized carbons (Fsp3) is 0.364. The van der Waals surface area contributed by atoms with Crippen molar-refractivity contribution in [2.75, 3.05) is 6.26 Å². The lowest BCUT2D eigenvalue weighted by atomic mass is 10.0. The maximum atomic E-state index is 8.61. The van der Waals surface area contributed by atoms with Crippen LogP contribution in [0.15, 0.2) is 23.1 Å². The molecule has 0 unspecified atom stereocenters. The standard InChI is InChI=1S/C11H13NS/c1-3-9-8-11(13-2)5-4-10(9)6-7-12/h4-5,8H,3,6H2,1-2H3. The fourth-order valence-electron chi connectivity index (χ4n) is 1.32. The number of benzene rings is 1. The Bertz CT molecular complexity index is 325. The fourth-order valence-corrected chi connectivity index (χ4v) is 1.78. The molecule has 1 nitrogen and oxygen atoms in total. The van der Waals surface area contributed by atoms with Gasteiger partial charge in [-0.25, -0.2) is 0 Å². The molecule has 0 heterocycles. The van der Waals surface area contributed by atoms with Gasteiger partial charge in [-0.05, 0) is 35.9 Å². The number of aryl methyl sites for hydroxylation is 1. The first-order valence-electron chi connectivity index (χ1n) is 4.34. The molecule has 2 heteroatoms. The topological polar surface area (TPSA) is 23.8 Å². The second-order valence-electron chi connectivity index (χ2n) is 2.82. The third kappa shape index (κ3) is 2.50. The zero-order valence-corrected chi connectivity index (χ0v) is 8.82. The molecule has 0 N–H and O–H groups in total. The number of hydrogen-bond donors (Lipinski definition) is 0. The summed E-state index contributed by atoms with van der Waals surface area (Å²) in [6, 6.07) is 8.51. The van der Waals surface area contributed by atoms with Crippen molar-refractivity contribution in [2.45, 2.75) is 24.7 Å². The Morgan fingerprint density at radius 2 is 2.15 bits per heavy atom. The summed E-state index contributed by atoms with van der Waals surface area (Å²) in [7, 11) is 0. The molecule has 0 aliphatic rings. The highest BCUT2D eigenvalue weighted by Gasteiger charge is 2.01. The van der Waals surface area contributed by atoms with E-state index >= 15 is 0 Å². The van der Waals surface area contributed by atoms with E-state index in [4.69, 9.17) is 5.26 Å². The Hall–Kier alpha value is -0.940. The maximum Gasteiger partial charge on any atom is 0.0669 e. The van der Waals surface area contributed by atoms with Crippen molar-refractivity contribution in [1.29, 1.82) is 5.26 Å². The normalized spacial score (nSPS) is 9.62. The van der Waals surface area contributed by atoms with Crippen molar-refractivity contribution >= 4 is 11.8 Å². The van der Waals surface area contributed by atoms with Crippen LogP contribution < -0.4 is 0 Å². The molecule has 0 fully saturated rings. The van der Waals surface area contributed by atoms with Crippen LogP contribution in [0.3, 0.4) is 0 Å². The predicted molar refractivity (Wildman–Crippen MR) is 56.9 cm³/mol. The molecule has 13 heavy (non-hydrogen) atoms. The molecule has 1 aromatic rings. The Morgan fingerprint density at radius 3 is 2.69 bits per heavy atom. The molecular formula is C11H13NS. The van der Waals surface area contributed by atoms with Gasteiger partial charge in [-0.1, -0.05) is 13.0 Å². The molecule has 0 saturated carbocycles. The summed E-state index contributed by atoms with van der Waals surface area (Å²) < 4.78 is 0. The van der Waals surface area contributed by atoms with Crippen molar-refractivity contribution < 1.29 is 0 Å². The van der Waals surface area contributed by atoms with Gasteiger partial charge in [0, 0.05) is 4.90 Å². The molecule has 0 amide bonds. The van der Waals surface area contributed by atoms with Gasteiger partial charge in [0.2, 0.25) is 0 Å². The molecule has 0 aromatic heterocycles. The van der Waals surface area contributed by atoms with Crippen LogP contribution in [0.1, 0.15) is 18.1 Å². The lowest BCUT2D eigenvalue weighted by molar-refractivity contribution is 1.06. The van der Waals surface area contributed by atoms with Gasteiger partial charge >= 0.3 is 0 Å². The van der Waals surface area contributed by atoms with Crippen LogP contribution in [-0.4, -0.2) is 6.26 Å². The van der Waals surface area contributed by atoms with Gasteiger partial charge in [0.15, 0.2) is 0 Å². The quantitative estimate of drug-likeness (QED) is 0.686. The number of thioether (sulfide) groups is 1. The van der Waals surface area contributed by atoms with E-state index in [0.29, 0.717) is 6.42 Å². The number of rotatable bonds is 3. The van der Waals surface area contributed by atoms with E-state index < -0.39 is 0 Å². The second-order valence-corrected chi connectivity index (χ2v) is 3.70. The van der Waals surface area contributed by atoms with Crippen LogP contribution in [0, 0.1) is 11.3 Å². The average Bonchev–Trinajstić information content (AvgIpc) is 2.19. The van der Waals surface area contributed by atoms with E-state index in [1.54, 1.807) is 11.8 Å². The summed E-state index contributed by atoms with van der Waals surface area (Å²) in [6.45, 7) is 2.13. The monoisotopic (exact) mass is 191 g/mol. The molecule has 0 aliphatic carbocycles. The zero-order valence-electron chi connectivity index (χ0n) is 8.00. The number of nitriles is 1. The van der Waals surface area contributed by atoms with Gasteiger partial charge < -0.3 is 0 Å². The molecule has 0 radical (unpaired) electrons. The van der Waals surface area contributed by atoms with Crippen LogP contribution in [0.25, 0.3) is 0 Å². The summed E-state index contributed by atoms with van der Waals surface area (Å²) in [5.74, 6) is 0. The van der Waals surface area contributed by atoms with Crippen LogP contribution in [0.2, 0.25) is 0 Å². The molecule has 1 aromatic carbocycles. The van der Waals surface area contributed by atoms with Crippen molar-refractivity contribution in [3.8, 4) is 6.07 Å². The minimum atomic E-state index is 0.526. The molecule has 0 bridgehead atoms. The van der Waals surface area contributed by atoms with Crippen LogP contribution in [0.4, 0.5) is 0 Å². The molecule has 0 aliphatic heterocycles. The largest absolute Gasteiger partial charge is 0.198 e. The first kappa shape index (κ1) is 10.1. The number of nitrogens with zero attached hydrogens (tertiary/aromatic N) is 1. The van der Waals surface area contributed by atoms with E-state index in [0.717, 1.165) is 6.42 Å². The van der Waals surface area contributed by atoms with Gasteiger partial charge in [0.25, 0.3) is 0 Å². The smallest absolute Gasteiger partial charge is 0.0669 e. The van der Waals surface area contributed by atoms with Crippen molar-refractivity contribution in [3.05, 3.63) is 29.3 Å². The van der Waals surface area contributed by atoms with Gasteiger partial charge in [-0.3, -0.25) is 0 Å². The Morgan fingerprint density at radius 1 is 1.38 bits per heavy atom. The number of hydrogen-bond acceptors (Lipinski definition) is 2. The van der Waals surface area contributed by atoms with Gasteiger partial charge in [-0.2, -0.15) is 5.26 Å². The summed E-state index contributed by atoms with van der Waals surface area (Å²) in [5, 5.41) is 8.61. The van der Waals surface area contributed by atoms with E-state index in [9.17, 15) is 0 Å². The zero-order chi connectivity index (χ0) is 9.68. The minimum absolute atomic E-state index is 0.526. The average molecular weight is 191 g/mol. The van der Waals surface area contributed by atoms with Gasteiger partial charge in [-0.15, -0.1) is 11.8 Å². The first-order chi connectivity index (χ1) is 6.31. The maximum absolute atomic E-state index is 8.61. The highest BCUT2D eigenvalue weighted by Crippen LogP contribution is 2.20. The third-order valence-corrected chi connectivity index (χ3v) is 2.79. The van der Waals surface area contributed by atoms with Crippen LogP contribution in [-0.2, 0) is 12.8 Å². The second kappa shape index (κ2) is 4.94. The minimum Gasteiger partial charge on any atom is -0.198 e. The van der Waals surface area contributed by atoms with Gasteiger partial charge in [0.1, 0.15) is 0 Å². The lowest BCUT2D eigenvalue weighted by Gasteiger charge is -2.05. The molecule has 1 rings (SSSR count). The van der Waals surface area contributed by atoms with Crippen LogP contribution in [0.5, 0.6) is 0 Å². The van der Waals surface area contributed by atoms with E-state index in [2.05, 4.69) is 37.4 Å². The van der Waals surface area contributed by atoms with E-state index in [1.807, 2.05) is 0 Å². The van der Waals surface area contributed by atoms with Gasteiger partial charge in [0.05, 0.1) is 12.5 Å². The SMILES string of the molecule is CCc1cc(SC)ccc1CC#N. The highest BCUT2D eigenvalue weighted by atomic mass is 32.2. The third-order valence-electron chi connectivity index (χ3n) is 2.06. The summed E-state index contributed by atoms with van der Waals surface area (Å²) in [5.41, 5.74) is 2.47. The predicted octanol–water partition coefficient (Wildman–Crippen LogP) is 3.04. The van der Waals surface area contributed by atoms with Crippen LogP contribution >= 0.6 is 11.8 Å². The molecular weight excluding hydrogens is 178 g/mol. The highest BCUT2D eigenvalue weighted by molar-refractivity contribution is 7.98. The lowest BCUT2D eigenvalue weighted by Crippen LogP contribution is -1.91. The van der Waals surface area contributed by atoms with Crippen molar-refractivity contribution in [2.24, 2.45) is 0 Å². The molecule has 0 spiro atoms. The molecule has 0 saturated heterocycles.